The van der Waals surface area contributed by atoms with Crippen LogP contribution in [0.1, 0.15) is 40.0 Å². The van der Waals surface area contributed by atoms with Crippen LogP contribution in [0.4, 0.5) is 0 Å². The molecule has 1 fully saturated rings. The lowest BCUT2D eigenvalue weighted by Crippen LogP contribution is -2.50. The topological polar surface area (TPSA) is 44.4 Å². The highest BCUT2D eigenvalue weighted by Crippen LogP contribution is 2.10. The summed E-state index contributed by atoms with van der Waals surface area (Å²) in [6.45, 7) is 8.27. The molecule has 4 nitrogen and oxygen atoms in total. The van der Waals surface area contributed by atoms with Crippen molar-refractivity contribution in [1.82, 2.24) is 15.5 Å². The number of hydrogen-bond acceptors (Lipinski definition) is 3. The van der Waals surface area contributed by atoms with E-state index in [1.165, 1.54) is 0 Å². The third kappa shape index (κ3) is 4.28. The second-order valence-electron chi connectivity index (χ2n) is 5.19. The van der Waals surface area contributed by atoms with Crippen LogP contribution in [0.5, 0.6) is 0 Å². The molecule has 0 spiro atoms. The first-order valence-corrected chi connectivity index (χ1v) is 6.79. The van der Waals surface area contributed by atoms with E-state index in [-0.39, 0.29) is 18.0 Å². The third-order valence-electron chi connectivity index (χ3n) is 3.71. The molecule has 1 aliphatic heterocycles. The summed E-state index contributed by atoms with van der Waals surface area (Å²) in [5.74, 6) is 0.153. The lowest BCUT2D eigenvalue weighted by atomic mass is 10.1. The van der Waals surface area contributed by atoms with Crippen molar-refractivity contribution in [2.24, 2.45) is 0 Å². The first kappa shape index (κ1) is 14.5. The number of likely N-dealkylation sites (N-methyl/N-ethyl adjacent to an activating group) is 1. The Morgan fingerprint density at radius 3 is 2.76 bits per heavy atom. The fourth-order valence-electron chi connectivity index (χ4n) is 2.36. The molecule has 0 aromatic carbocycles. The maximum atomic E-state index is 12.1. The van der Waals surface area contributed by atoms with Crippen LogP contribution in [0, 0.1) is 0 Å². The summed E-state index contributed by atoms with van der Waals surface area (Å²) in [7, 11) is 2.05. The molecule has 3 unspecified atom stereocenters. The van der Waals surface area contributed by atoms with Crippen LogP contribution in [0.25, 0.3) is 0 Å². The van der Waals surface area contributed by atoms with Gasteiger partial charge in [-0.05, 0) is 40.3 Å². The van der Waals surface area contributed by atoms with Crippen LogP contribution >= 0.6 is 0 Å². The average molecular weight is 241 g/mol. The van der Waals surface area contributed by atoms with E-state index in [1.807, 2.05) is 14.0 Å². The normalized spacial score (nSPS) is 23.7. The Morgan fingerprint density at radius 2 is 2.24 bits per heavy atom. The molecular weight excluding hydrogens is 214 g/mol. The Balaban J connectivity index is 2.39. The van der Waals surface area contributed by atoms with Gasteiger partial charge in [0.05, 0.1) is 6.04 Å². The highest BCUT2D eigenvalue weighted by molar-refractivity contribution is 5.81. The quantitative estimate of drug-likeness (QED) is 0.728. The second kappa shape index (κ2) is 6.97. The Morgan fingerprint density at radius 1 is 1.53 bits per heavy atom. The monoisotopic (exact) mass is 241 g/mol. The first-order valence-electron chi connectivity index (χ1n) is 6.79. The molecule has 0 bridgehead atoms. The summed E-state index contributed by atoms with van der Waals surface area (Å²) in [5.41, 5.74) is 0. The number of nitrogens with zero attached hydrogens (tertiary/aromatic N) is 1. The van der Waals surface area contributed by atoms with Crippen molar-refractivity contribution in [2.75, 3.05) is 20.1 Å². The van der Waals surface area contributed by atoms with E-state index < -0.39 is 0 Å². The van der Waals surface area contributed by atoms with E-state index in [2.05, 4.69) is 29.4 Å². The minimum Gasteiger partial charge on any atom is -0.352 e. The van der Waals surface area contributed by atoms with Crippen LogP contribution < -0.4 is 10.6 Å². The first-order chi connectivity index (χ1) is 8.06. The van der Waals surface area contributed by atoms with Gasteiger partial charge in [0.2, 0.25) is 5.91 Å². The Bertz CT molecular complexity index is 239. The maximum absolute atomic E-state index is 12.1. The Labute approximate surface area is 105 Å². The van der Waals surface area contributed by atoms with Crippen molar-refractivity contribution in [1.29, 1.82) is 0 Å². The van der Waals surface area contributed by atoms with Gasteiger partial charge in [-0.2, -0.15) is 0 Å². The fraction of sp³-hybridized carbons (Fsp3) is 0.923. The summed E-state index contributed by atoms with van der Waals surface area (Å²) in [4.78, 5) is 14.2. The summed E-state index contributed by atoms with van der Waals surface area (Å²) in [6.07, 6.45) is 3.30. The summed E-state index contributed by atoms with van der Waals surface area (Å²) in [6, 6.07) is 0.737. The Kier molecular flexibility index (Phi) is 5.92. The highest BCUT2D eigenvalue weighted by Gasteiger charge is 2.27. The van der Waals surface area contributed by atoms with Crippen LogP contribution in [-0.4, -0.2) is 49.1 Å². The van der Waals surface area contributed by atoms with Gasteiger partial charge in [-0.25, -0.2) is 0 Å². The smallest absolute Gasteiger partial charge is 0.237 e. The van der Waals surface area contributed by atoms with Crippen molar-refractivity contribution in [2.45, 2.75) is 58.2 Å². The maximum Gasteiger partial charge on any atom is 0.237 e. The summed E-state index contributed by atoms with van der Waals surface area (Å²) in [5, 5.41) is 6.42. The minimum absolute atomic E-state index is 0.0424. The van der Waals surface area contributed by atoms with Gasteiger partial charge < -0.3 is 10.6 Å². The Hall–Kier alpha value is -0.610. The van der Waals surface area contributed by atoms with E-state index in [9.17, 15) is 4.79 Å². The van der Waals surface area contributed by atoms with Crippen molar-refractivity contribution < 1.29 is 4.79 Å². The van der Waals surface area contributed by atoms with Crippen molar-refractivity contribution >= 4 is 5.91 Å². The SMILES string of the molecule is CCCC(C)NC(=O)C(C)N(C)C1CCNC1. The lowest BCUT2D eigenvalue weighted by molar-refractivity contribution is -0.126. The molecule has 0 radical (unpaired) electrons. The van der Waals surface area contributed by atoms with Gasteiger partial charge >= 0.3 is 0 Å². The molecule has 1 saturated heterocycles. The van der Waals surface area contributed by atoms with Gasteiger partial charge in [-0.1, -0.05) is 13.3 Å². The van der Waals surface area contributed by atoms with E-state index in [0.717, 1.165) is 32.4 Å². The summed E-state index contributed by atoms with van der Waals surface area (Å²) < 4.78 is 0. The van der Waals surface area contributed by atoms with Crippen LogP contribution in [0.15, 0.2) is 0 Å². The number of carbonyl (C=O) groups is 1. The number of nitrogens with one attached hydrogen (secondary N) is 2. The molecule has 0 aliphatic carbocycles. The van der Waals surface area contributed by atoms with E-state index in [1.54, 1.807) is 0 Å². The van der Waals surface area contributed by atoms with Gasteiger partial charge in [0, 0.05) is 18.6 Å². The second-order valence-corrected chi connectivity index (χ2v) is 5.19. The van der Waals surface area contributed by atoms with E-state index in [4.69, 9.17) is 0 Å². The molecule has 1 aliphatic rings. The van der Waals surface area contributed by atoms with Crippen molar-refractivity contribution in [3.8, 4) is 0 Å². The number of amides is 1. The summed E-state index contributed by atoms with van der Waals surface area (Å²) >= 11 is 0. The standard InChI is InChI=1S/C13H27N3O/c1-5-6-10(2)15-13(17)11(3)16(4)12-7-8-14-9-12/h10-12,14H,5-9H2,1-4H3,(H,15,17). The molecule has 0 saturated carbocycles. The fourth-order valence-corrected chi connectivity index (χ4v) is 2.36. The van der Waals surface area contributed by atoms with Crippen molar-refractivity contribution in [3.05, 3.63) is 0 Å². The number of rotatable bonds is 6. The minimum atomic E-state index is -0.0424. The molecule has 1 rings (SSSR count). The predicted molar refractivity (Wildman–Crippen MR) is 71.0 cm³/mol. The molecule has 3 atom stereocenters. The molecule has 1 amide bonds. The zero-order valence-corrected chi connectivity index (χ0v) is 11.6. The van der Waals surface area contributed by atoms with Crippen molar-refractivity contribution in [3.63, 3.8) is 0 Å². The molecular formula is C13H27N3O. The lowest BCUT2D eigenvalue weighted by Gasteiger charge is -2.30. The third-order valence-corrected chi connectivity index (χ3v) is 3.71. The van der Waals surface area contributed by atoms with Gasteiger partial charge in [-0.15, -0.1) is 0 Å². The number of carbonyl (C=O) groups excluding carboxylic acids is 1. The van der Waals surface area contributed by atoms with E-state index >= 15 is 0 Å². The van der Waals surface area contributed by atoms with Gasteiger partial charge in [0.1, 0.15) is 0 Å². The van der Waals surface area contributed by atoms with Crippen LogP contribution in [0.2, 0.25) is 0 Å². The predicted octanol–water partition coefficient (Wildman–Crippen LogP) is 0.973. The van der Waals surface area contributed by atoms with Gasteiger partial charge in [-0.3, -0.25) is 9.69 Å². The zero-order valence-electron chi connectivity index (χ0n) is 11.6. The molecule has 0 aromatic rings. The molecule has 4 heteroatoms. The van der Waals surface area contributed by atoms with Crippen LogP contribution in [-0.2, 0) is 4.79 Å². The van der Waals surface area contributed by atoms with E-state index in [0.29, 0.717) is 6.04 Å². The molecule has 100 valence electrons. The zero-order chi connectivity index (χ0) is 12.8. The number of hydrogen-bond donors (Lipinski definition) is 2. The largest absolute Gasteiger partial charge is 0.352 e. The molecule has 0 aromatic heterocycles. The van der Waals surface area contributed by atoms with Gasteiger partial charge in [0.15, 0.2) is 0 Å². The molecule has 2 N–H and O–H groups in total. The molecule has 1 heterocycles. The average Bonchev–Trinajstić information content (AvgIpc) is 2.80. The van der Waals surface area contributed by atoms with Gasteiger partial charge in [0.25, 0.3) is 0 Å². The molecule has 17 heavy (non-hydrogen) atoms. The highest BCUT2D eigenvalue weighted by atomic mass is 16.2. The van der Waals surface area contributed by atoms with Crippen LogP contribution in [0.3, 0.4) is 0 Å².